The van der Waals surface area contributed by atoms with Gasteiger partial charge in [-0.3, -0.25) is 0 Å². The molecular formula is C6H4FeK3N6Na. The molecule has 17 heavy (non-hydrogen) atoms. The van der Waals surface area contributed by atoms with Gasteiger partial charge >= 0.3 is 256 Å². The molecule has 0 saturated carbocycles. The molecule has 0 rings (SSSR count). The van der Waals surface area contributed by atoms with Crippen LogP contribution in [0.2, 0.25) is 0 Å². The molecule has 0 amide bonds. The molecule has 0 aliphatic heterocycles. The first-order chi connectivity index (χ1) is 5.97. The molecule has 0 saturated heterocycles. The van der Waals surface area contributed by atoms with Crippen LogP contribution in [0.15, 0.2) is 0 Å². The Balaban J connectivity index is -0.000000120. The topological polar surface area (TPSA) is 143 Å². The Morgan fingerprint density at radius 1 is 0.471 bits per heavy atom. The predicted octanol–water partition coefficient (Wildman–Crippen LogP) is -2.50. The maximum absolute atomic E-state index is 8.58. The molecule has 0 aromatic heterocycles. The minimum atomic E-state index is -6.17. The van der Waals surface area contributed by atoms with E-state index in [4.69, 9.17) is 31.6 Å². The first-order valence-corrected chi connectivity index (χ1v) is 5.71. The zero-order valence-electron chi connectivity index (χ0n) is 6.04. The van der Waals surface area contributed by atoms with Crippen molar-refractivity contribution in [2.75, 3.05) is 0 Å². The summed E-state index contributed by atoms with van der Waals surface area (Å²) in [5, 5.41) is 51.5. The van der Waals surface area contributed by atoms with E-state index < -0.39 is 10.7 Å². The summed E-state index contributed by atoms with van der Waals surface area (Å²) in [5.74, 6) is 0. The molecule has 0 heterocycles. The third kappa shape index (κ3) is 5.25. The molecular weight excluding hydrogens is 352 g/mol. The second kappa shape index (κ2) is 11.0. The fourth-order valence-electron chi connectivity index (χ4n) is 0.265. The fraction of sp³-hybridized carbons (Fsp3) is 0. The Kier molecular flexibility index (Phi) is 20.9. The zero-order valence-corrected chi connectivity index (χ0v) is 7.14. The Hall–Kier alpha value is 3.37. The van der Waals surface area contributed by atoms with Crippen LogP contribution >= 0.6 is 0 Å². The van der Waals surface area contributed by atoms with Gasteiger partial charge in [0.25, 0.3) is 0 Å². The third-order valence-electron chi connectivity index (χ3n) is 1.19. The van der Waals surface area contributed by atoms with Gasteiger partial charge in [0.1, 0.15) is 0 Å². The Labute approximate surface area is 248 Å². The van der Waals surface area contributed by atoms with Crippen LogP contribution in [0.1, 0.15) is 0 Å². The molecule has 0 aliphatic carbocycles. The second-order valence-corrected chi connectivity index (χ2v) is 7.42. The number of nitriles is 6. The summed E-state index contributed by atoms with van der Waals surface area (Å²) in [5.41, 5.74) is 0. The summed E-state index contributed by atoms with van der Waals surface area (Å²) in [7, 11) is -6.17. The first kappa shape index (κ1) is 32.4. The van der Waals surface area contributed by atoms with Gasteiger partial charge in [-0.15, -0.1) is 0 Å². The van der Waals surface area contributed by atoms with E-state index in [2.05, 4.69) is 0 Å². The molecule has 6 nitrogen and oxygen atoms in total. The average molecular weight is 356 g/mol. The third-order valence-corrected chi connectivity index (χ3v) is 4.89. The summed E-state index contributed by atoms with van der Waals surface area (Å²) in [6, 6.07) is 0. The Bertz CT molecular complexity index is 404. The molecule has 0 aliphatic rings. The molecule has 11 heteroatoms. The number of hydrogen-bond acceptors (Lipinski definition) is 6. The van der Waals surface area contributed by atoms with Crippen molar-refractivity contribution < 1.29 is 10.7 Å². The molecule has 0 spiro atoms. The van der Waals surface area contributed by atoms with E-state index in [1.165, 1.54) is 0 Å². The van der Waals surface area contributed by atoms with Gasteiger partial charge in [0.2, 0.25) is 0 Å². The van der Waals surface area contributed by atoms with E-state index in [1.54, 1.807) is 0 Å². The van der Waals surface area contributed by atoms with Crippen molar-refractivity contribution in [1.29, 1.82) is 31.6 Å². The van der Waals surface area contributed by atoms with Crippen LogP contribution in [0.4, 0.5) is 0 Å². The van der Waals surface area contributed by atoms with Gasteiger partial charge < -0.3 is 0 Å². The number of hydrogen-bond donors (Lipinski definition) is 0. The van der Waals surface area contributed by atoms with E-state index in [0.29, 0.717) is 0 Å². The zero-order chi connectivity index (χ0) is 10.7. The van der Waals surface area contributed by atoms with E-state index in [-0.39, 0.29) is 184 Å². The van der Waals surface area contributed by atoms with Gasteiger partial charge in [-0.2, -0.15) is 0 Å². The van der Waals surface area contributed by atoms with Crippen LogP contribution in [0.5, 0.6) is 0 Å². The molecule has 0 radical (unpaired) electrons. The quantitative estimate of drug-likeness (QED) is 0.439. The van der Waals surface area contributed by atoms with Crippen molar-refractivity contribution in [3.05, 3.63) is 0 Å². The van der Waals surface area contributed by atoms with Gasteiger partial charge in [0.05, 0.1) is 0 Å². The average Bonchev–Trinajstić information content (AvgIpc) is 2.26. The summed E-state index contributed by atoms with van der Waals surface area (Å²) < 4.78 is 0. The van der Waals surface area contributed by atoms with Gasteiger partial charge in [-0.1, -0.05) is 0 Å². The molecule has 0 bridgehead atoms. The molecule has 70 valence electrons. The van der Waals surface area contributed by atoms with Crippen LogP contribution in [0, 0.1) is 61.4 Å². The van der Waals surface area contributed by atoms with Crippen LogP contribution in [0.3, 0.4) is 0 Å². The Morgan fingerprint density at radius 2 is 0.588 bits per heavy atom. The summed E-state index contributed by atoms with van der Waals surface area (Å²) in [4.78, 5) is 6.19. The first-order valence-electron chi connectivity index (χ1n) is 2.40. The standard InChI is InChI=1S/6CN.Fe.3K.Na.4H/c6*1-2;;;;;;;;;. The van der Waals surface area contributed by atoms with Crippen molar-refractivity contribution in [3.8, 4) is 29.8 Å². The van der Waals surface area contributed by atoms with E-state index in [9.17, 15) is 0 Å². The van der Waals surface area contributed by atoms with Crippen LogP contribution in [-0.4, -0.2) is 184 Å². The molecule has 0 fully saturated rings. The summed E-state index contributed by atoms with van der Waals surface area (Å²) >= 11 is 0. The van der Waals surface area contributed by atoms with Crippen LogP contribution < -0.4 is 0 Å². The fourth-order valence-corrected chi connectivity index (χ4v) is 1.09. The van der Waals surface area contributed by atoms with Crippen molar-refractivity contribution in [2.24, 2.45) is 0 Å². The molecule has 0 N–H and O–H groups in total. The molecule has 0 unspecified atom stereocenters. The monoisotopic (exact) mass is 356 g/mol. The van der Waals surface area contributed by atoms with E-state index in [1.807, 2.05) is 0 Å². The van der Waals surface area contributed by atoms with E-state index >= 15 is 0 Å². The maximum atomic E-state index is 8.58. The van der Waals surface area contributed by atoms with Crippen LogP contribution in [0.25, 0.3) is 0 Å². The van der Waals surface area contributed by atoms with Gasteiger partial charge in [-0.05, 0) is 0 Å². The normalized spacial score (nSPS) is 10.2. The van der Waals surface area contributed by atoms with Crippen molar-refractivity contribution in [2.45, 2.75) is 0 Å². The molecule has 0 atom stereocenters. The SMILES string of the molecule is N#[C][Fe]([C]#N)([C]#N)([C]#N)([C]#N)[C]#N.[KH].[KH].[KH].[NaH]. The number of rotatable bonds is 0. The molecule has 0 aromatic carbocycles. The van der Waals surface area contributed by atoms with Crippen molar-refractivity contribution >= 4 is 184 Å². The van der Waals surface area contributed by atoms with Crippen molar-refractivity contribution in [3.63, 3.8) is 0 Å². The summed E-state index contributed by atoms with van der Waals surface area (Å²) in [6.07, 6.45) is 0. The van der Waals surface area contributed by atoms with Gasteiger partial charge in [0.15, 0.2) is 0 Å². The number of nitrogens with zero attached hydrogens (tertiary/aromatic N) is 6. The van der Waals surface area contributed by atoms with Gasteiger partial charge in [0, 0.05) is 0 Å². The summed E-state index contributed by atoms with van der Waals surface area (Å²) in [6.45, 7) is 0. The molecule has 0 aromatic rings. The van der Waals surface area contributed by atoms with Gasteiger partial charge in [-0.25, -0.2) is 0 Å². The van der Waals surface area contributed by atoms with Crippen molar-refractivity contribution in [1.82, 2.24) is 0 Å². The minimum absolute atomic E-state index is 0. The second-order valence-electron chi connectivity index (χ2n) is 1.80. The Morgan fingerprint density at radius 3 is 0.588 bits per heavy atom. The van der Waals surface area contributed by atoms with Crippen LogP contribution in [-0.2, 0) is 10.7 Å². The predicted molar refractivity (Wildman–Crippen MR) is 62.3 cm³/mol. The van der Waals surface area contributed by atoms with E-state index in [0.717, 1.165) is 29.8 Å².